The molecule has 4 heteroatoms. The molecular weight excluding hydrogens is 173 g/mol. The van der Waals surface area contributed by atoms with E-state index >= 15 is 0 Å². The van der Waals surface area contributed by atoms with Crippen LogP contribution in [0.25, 0.3) is 0 Å². The number of nitrogens with two attached hydrogens (primary N) is 1. The third-order valence-corrected chi connectivity index (χ3v) is 1.09. The molecule has 1 aromatic carbocycles. The van der Waals surface area contributed by atoms with Crippen LogP contribution in [0.15, 0.2) is 30.3 Å². The second-order valence-electron chi connectivity index (χ2n) is 1.80. The van der Waals surface area contributed by atoms with Crippen molar-refractivity contribution < 1.29 is 4.84 Å². The van der Waals surface area contributed by atoms with Crippen LogP contribution in [0.2, 0.25) is 0 Å². The van der Waals surface area contributed by atoms with E-state index in [2.05, 4.69) is 4.84 Å². The maximum atomic E-state index is 4.86. The van der Waals surface area contributed by atoms with Crippen LogP contribution in [0.1, 0.15) is 5.56 Å². The molecule has 11 heavy (non-hydrogen) atoms. The van der Waals surface area contributed by atoms with Crippen molar-refractivity contribution in [3.8, 4) is 0 Å². The van der Waals surface area contributed by atoms with E-state index in [1.807, 2.05) is 30.3 Å². The van der Waals surface area contributed by atoms with Crippen LogP contribution in [0.4, 0.5) is 0 Å². The van der Waals surface area contributed by atoms with Crippen molar-refractivity contribution in [1.29, 1.82) is 0 Å². The zero-order chi connectivity index (χ0) is 6.53. The molecular formula is C7H10ClNNaO. The van der Waals surface area contributed by atoms with Gasteiger partial charge in [-0.15, -0.1) is 12.4 Å². The molecule has 0 saturated heterocycles. The quantitative estimate of drug-likeness (QED) is 0.550. The second-order valence-corrected chi connectivity index (χ2v) is 1.80. The van der Waals surface area contributed by atoms with E-state index in [1.54, 1.807) is 0 Å². The van der Waals surface area contributed by atoms with E-state index < -0.39 is 0 Å². The van der Waals surface area contributed by atoms with Crippen LogP contribution in [-0.2, 0) is 11.4 Å². The molecule has 0 saturated carbocycles. The van der Waals surface area contributed by atoms with Crippen molar-refractivity contribution in [2.45, 2.75) is 6.61 Å². The Hall–Kier alpha value is 0.430. The van der Waals surface area contributed by atoms with Gasteiger partial charge >= 0.3 is 0 Å². The van der Waals surface area contributed by atoms with Gasteiger partial charge in [0.05, 0.1) is 6.61 Å². The predicted octanol–water partition coefficient (Wildman–Crippen LogP) is 1.12. The van der Waals surface area contributed by atoms with Crippen molar-refractivity contribution in [3.63, 3.8) is 0 Å². The molecule has 0 heterocycles. The van der Waals surface area contributed by atoms with E-state index in [0.717, 1.165) is 5.56 Å². The molecule has 1 aromatic rings. The zero-order valence-corrected chi connectivity index (χ0v) is 9.30. The smallest absolute Gasteiger partial charge is 0.0930 e. The van der Waals surface area contributed by atoms with Crippen LogP contribution >= 0.6 is 12.4 Å². The van der Waals surface area contributed by atoms with Gasteiger partial charge in [-0.3, -0.25) is 4.84 Å². The Morgan fingerprint density at radius 2 is 1.73 bits per heavy atom. The van der Waals surface area contributed by atoms with E-state index in [4.69, 9.17) is 5.90 Å². The number of benzene rings is 1. The first kappa shape index (κ1) is 14.0. The first-order chi connectivity index (χ1) is 4.43. The molecule has 0 spiro atoms. The maximum Gasteiger partial charge on any atom is 0.0930 e. The number of hydrogen-bond acceptors (Lipinski definition) is 2. The topological polar surface area (TPSA) is 35.2 Å². The van der Waals surface area contributed by atoms with Crippen molar-refractivity contribution in [1.82, 2.24) is 0 Å². The van der Waals surface area contributed by atoms with Crippen LogP contribution in [0, 0.1) is 0 Å². The van der Waals surface area contributed by atoms with Crippen molar-refractivity contribution in [3.05, 3.63) is 35.9 Å². The number of halogens is 1. The average Bonchev–Trinajstić information content (AvgIpc) is 1.91. The van der Waals surface area contributed by atoms with Crippen molar-refractivity contribution in [2.75, 3.05) is 0 Å². The molecule has 2 nitrogen and oxygen atoms in total. The Kier molecular flexibility index (Phi) is 10.8. The fourth-order valence-corrected chi connectivity index (χ4v) is 0.670. The SMILES string of the molecule is Cl.NOCc1ccccc1.[Na]. The van der Waals surface area contributed by atoms with Gasteiger partial charge in [0.25, 0.3) is 0 Å². The summed E-state index contributed by atoms with van der Waals surface area (Å²) in [5, 5.41) is 0. The molecule has 0 aliphatic carbocycles. The molecule has 0 unspecified atom stereocenters. The Balaban J connectivity index is 0. The Bertz CT molecular complexity index is 171. The van der Waals surface area contributed by atoms with Gasteiger partial charge in [-0.1, -0.05) is 30.3 Å². The maximum absolute atomic E-state index is 4.86. The Morgan fingerprint density at radius 3 is 2.18 bits per heavy atom. The first-order valence-electron chi connectivity index (χ1n) is 2.79. The summed E-state index contributed by atoms with van der Waals surface area (Å²) in [6, 6.07) is 9.79. The van der Waals surface area contributed by atoms with Gasteiger partial charge < -0.3 is 0 Å². The van der Waals surface area contributed by atoms with E-state index in [1.165, 1.54) is 0 Å². The monoisotopic (exact) mass is 182 g/mol. The van der Waals surface area contributed by atoms with Gasteiger partial charge in [0.15, 0.2) is 0 Å². The first-order valence-corrected chi connectivity index (χ1v) is 2.79. The molecule has 0 fully saturated rings. The average molecular weight is 183 g/mol. The van der Waals surface area contributed by atoms with E-state index in [0.29, 0.717) is 6.61 Å². The fraction of sp³-hybridized carbons (Fsp3) is 0.143. The van der Waals surface area contributed by atoms with Crippen LogP contribution in [-0.4, -0.2) is 29.6 Å². The zero-order valence-electron chi connectivity index (χ0n) is 6.49. The summed E-state index contributed by atoms with van der Waals surface area (Å²) in [6.45, 7) is 0.487. The molecule has 0 aliphatic heterocycles. The molecule has 0 amide bonds. The van der Waals surface area contributed by atoms with Crippen LogP contribution in [0.3, 0.4) is 0 Å². The molecule has 0 aliphatic rings. The normalized spacial score (nSPS) is 7.73. The van der Waals surface area contributed by atoms with Crippen molar-refractivity contribution in [2.24, 2.45) is 5.90 Å². The predicted molar refractivity (Wildman–Crippen MR) is 48.4 cm³/mol. The number of rotatable bonds is 2. The molecule has 0 aromatic heterocycles. The Labute approximate surface area is 94.8 Å². The molecule has 0 atom stereocenters. The summed E-state index contributed by atoms with van der Waals surface area (Å²) in [4.78, 5) is 4.43. The minimum atomic E-state index is 0. The summed E-state index contributed by atoms with van der Waals surface area (Å²) < 4.78 is 0. The molecule has 57 valence electrons. The van der Waals surface area contributed by atoms with Gasteiger partial charge in [0, 0.05) is 29.6 Å². The summed E-state index contributed by atoms with van der Waals surface area (Å²) >= 11 is 0. The largest absolute Gasteiger partial charge is 0.300 e. The van der Waals surface area contributed by atoms with Gasteiger partial charge in [0.2, 0.25) is 0 Å². The minimum absolute atomic E-state index is 0. The van der Waals surface area contributed by atoms with Gasteiger partial charge in [-0.2, -0.15) is 0 Å². The summed E-state index contributed by atoms with van der Waals surface area (Å²) in [6.07, 6.45) is 0. The number of hydrogen-bond donors (Lipinski definition) is 1. The van der Waals surface area contributed by atoms with Gasteiger partial charge in [-0.05, 0) is 5.56 Å². The fourth-order valence-electron chi connectivity index (χ4n) is 0.670. The van der Waals surface area contributed by atoms with Gasteiger partial charge in [-0.25, -0.2) is 5.90 Å². The van der Waals surface area contributed by atoms with Crippen LogP contribution < -0.4 is 5.90 Å². The molecule has 1 rings (SSSR count). The minimum Gasteiger partial charge on any atom is -0.300 e. The Morgan fingerprint density at radius 1 is 1.18 bits per heavy atom. The summed E-state index contributed by atoms with van der Waals surface area (Å²) in [5.74, 6) is 4.86. The standard InChI is InChI=1S/C7H9NO.ClH.Na/c8-9-6-7-4-2-1-3-5-7;;/h1-5H,6,8H2;1H;. The molecule has 2 N–H and O–H groups in total. The molecule has 0 bridgehead atoms. The van der Waals surface area contributed by atoms with E-state index in [-0.39, 0.29) is 42.0 Å². The van der Waals surface area contributed by atoms with Crippen LogP contribution in [0.5, 0.6) is 0 Å². The second kappa shape index (κ2) is 8.53. The van der Waals surface area contributed by atoms with Crippen molar-refractivity contribution >= 4 is 42.0 Å². The summed E-state index contributed by atoms with van der Waals surface area (Å²) in [7, 11) is 0. The summed E-state index contributed by atoms with van der Waals surface area (Å²) in [5.41, 5.74) is 1.10. The third-order valence-electron chi connectivity index (χ3n) is 1.09. The molecule has 1 radical (unpaired) electrons. The van der Waals surface area contributed by atoms with E-state index in [9.17, 15) is 0 Å². The van der Waals surface area contributed by atoms with Gasteiger partial charge in [0.1, 0.15) is 0 Å². The third kappa shape index (κ3) is 5.67.